The molecule has 5 heteroatoms. The molecule has 0 atom stereocenters. The van der Waals surface area contributed by atoms with Crippen molar-refractivity contribution in [1.29, 1.82) is 0 Å². The van der Waals surface area contributed by atoms with Crippen molar-refractivity contribution in [3.8, 4) is 0 Å². The van der Waals surface area contributed by atoms with Crippen LogP contribution in [-0.2, 0) is 5.41 Å². The molecule has 0 aliphatic carbocycles. The first-order valence-corrected chi connectivity index (χ1v) is 8.45. The van der Waals surface area contributed by atoms with E-state index in [1.54, 1.807) is 12.4 Å². The van der Waals surface area contributed by atoms with Crippen LogP contribution in [0.4, 0.5) is 5.82 Å². The van der Waals surface area contributed by atoms with Gasteiger partial charge >= 0.3 is 0 Å². The molecule has 5 nitrogen and oxygen atoms in total. The van der Waals surface area contributed by atoms with Gasteiger partial charge in [-0.05, 0) is 19.1 Å². The largest absolute Gasteiger partial charge is 0.351 e. The summed E-state index contributed by atoms with van der Waals surface area (Å²) >= 11 is 0. The Kier molecular flexibility index (Phi) is 3.34. The van der Waals surface area contributed by atoms with E-state index in [1.807, 2.05) is 6.92 Å². The van der Waals surface area contributed by atoms with Gasteiger partial charge in [0.15, 0.2) is 0 Å². The number of hydrogen-bond acceptors (Lipinski definition) is 4. The SMILES string of the molecule is Cc1nccnc1N1CC(n2c(C(C)(C)C)nc3ccccc32)C1. The molecule has 4 rings (SSSR count). The van der Waals surface area contributed by atoms with E-state index in [0.717, 1.165) is 35.9 Å². The van der Waals surface area contributed by atoms with Crippen LogP contribution in [0, 0.1) is 6.92 Å². The maximum atomic E-state index is 4.92. The minimum absolute atomic E-state index is 0.0158. The zero-order valence-electron chi connectivity index (χ0n) is 14.7. The van der Waals surface area contributed by atoms with Gasteiger partial charge in [0.25, 0.3) is 0 Å². The molecular weight excluding hydrogens is 298 g/mol. The molecule has 0 unspecified atom stereocenters. The van der Waals surface area contributed by atoms with Crippen LogP contribution < -0.4 is 4.90 Å². The van der Waals surface area contributed by atoms with Gasteiger partial charge in [-0.2, -0.15) is 0 Å². The normalized spacial score (nSPS) is 15.8. The lowest BCUT2D eigenvalue weighted by atomic mass is 9.94. The monoisotopic (exact) mass is 321 g/mol. The van der Waals surface area contributed by atoms with Gasteiger partial charge in [-0.3, -0.25) is 4.98 Å². The first-order chi connectivity index (χ1) is 11.4. The fraction of sp³-hybridized carbons (Fsp3) is 0.421. The molecule has 1 aromatic carbocycles. The quantitative estimate of drug-likeness (QED) is 0.725. The summed E-state index contributed by atoms with van der Waals surface area (Å²) in [4.78, 5) is 16.1. The molecule has 124 valence electrons. The van der Waals surface area contributed by atoms with E-state index in [0.29, 0.717) is 6.04 Å². The second kappa shape index (κ2) is 5.30. The molecule has 2 aromatic heterocycles. The first kappa shape index (κ1) is 15.1. The lowest BCUT2D eigenvalue weighted by Gasteiger charge is -2.42. The van der Waals surface area contributed by atoms with Crippen LogP contribution in [0.5, 0.6) is 0 Å². The number of anilines is 1. The van der Waals surface area contributed by atoms with Crippen molar-refractivity contribution in [2.45, 2.75) is 39.2 Å². The van der Waals surface area contributed by atoms with E-state index in [4.69, 9.17) is 4.98 Å². The van der Waals surface area contributed by atoms with Gasteiger partial charge in [-0.1, -0.05) is 32.9 Å². The second-order valence-corrected chi connectivity index (χ2v) is 7.57. The molecule has 24 heavy (non-hydrogen) atoms. The van der Waals surface area contributed by atoms with Crippen LogP contribution in [0.3, 0.4) is 0 Å². The van der Waals surface area contributed by atoms with Crippen LogP contribution in [0.1, 0.15) is 38.3 Å². The van der Waals surface area contributed by atoms with Gasteiger partial charge in [0.2, 0.25) is 0 Å². The molecule has 3 heterocycles. The zero-order valence-corrected chi connectivity index (χ0v) is 14.7. The predicted octanol–water partition coefficient (Wildman–Crippen LogP) is 3.49. The van der Waals surface area contributed by atoms with Crippen molar-refractivity contribution in [3.63, 3.8) is 0 Å². The fourth-order valence-corrected chi connectivity index (χ4v) is 3.45. The molecule has 0 saturated carbocycles. The maximum Gasteiger partial charge on any atom is 0.150 e. The predicted molar refractivity (Wildman–Crippen MR) is 96.5 cm³/mol. The average Bonchev–Trinajstić information content (AvgIpc) is 2.88. The molecule has 0 spiro atoms. The highest BCUT2D eigenvalue weighted by Crippen LogP contribution is 2.35. The Bertz CT molecular complexity index is 884. The smallest absolute Gasteiger partial charge is 0.150 e. The van der Waals surface area contributed by atoms with Gasteiger partial charge in [0.05, 0.1) is 22.8 Å². The lowest BCUT2D eigenvalue weighted by Crippen LogP contribution is -2.49. The number of benzene rings is 1. The minimum Gasteiger partial charge on any atom is -0.351 e. The van der Waals surface area contributed by atoms with Crippen LogP contribution in [0.25, 0.3) is 11.0 Å². The Morgan fingerprint density at radius 3 is 2.46 bits per heavy atom. The number of nitrogens with zero attached hydrogens (tertiary/aromatic N) is 5. The third kappa shape index (κ3) is 2.35. The fourth-order valence-electron chi connectivity index (χ4n) is 3.45. The van der Waals surface area contributed by atoms with E-state index in [-0.39, 0.29) is 5.41 Å². The average molecular weight is 321 g/mol. The molecule has 0 N–H and O–H groups in total. The molecule has 1 aliphatic heterocycles. The highest BCUT2D eigenvalue weighted by molar-refractivity contribution is 5.76. The summed E-state index contributed by atoms with van der Waals surface area (Å²) in [5, 5.41) is 0. The maximum absolute atomic E-state index is 4.92. The van der Waals surface area contributed by atoms with Gasteiger partial charge in [0.1, 0.15) is 11.6 Å². The van der Waals surface area contributed by atoms with E-state index < -0.39 is 0 Å². The lowest BCUT2D eigenvalue weighted by molar-refractivity contribution is 0.371. The first-order valence-electron chi connectivity index (χ1n) is 8.45. The van der Waals surface area contributed by atoms with Gasteiger partial charge in [-0.25, -0.2) is 9.97 Å². The van der Waals surface area contributed by atoms with Crippen LogP contribution >= 0.6 is 0 Å². The Morgan fingerprint density at radius 1 is 1.04 bits per heavy atom. The Labute approximate surface area is 142 Å². The van der Waals surface area contributed by atoms with E-state index in [9.17, 15) is 0 Å². The topological polar surface area (TPSA) is 46.8 Å². The molecule has 1 fully saturated rings. The highest BCUT2D eigenvalue weighted by Gasteiger charge is 2.35. The Hall–Kier alpha value is -2.43. The number of aryl methyl sites for hydroxylation is 1. The van der Waals surface area contributed by atoms with Crippen molar-refractivity contribution in [2.24, 2.45) is 0 Å². The molecule has 1 saturated heterocycles. The van der Waals surface area contributed by atoms with Gasteiger partial charge in [0, 0.05) is 30.9 Å². The number of aromatic nitrogens is 4. The van der Waals surface area contributed by atoms with Crippen molar-refractivity contribution < 1.29 is 0 Å². The summed E-state index contributed by atoms with van der Waals surface area (Å²) in [5.41, 5.74) is 3.31. The van der Waals surface area contributed by atoms with Gasteiger partial charge < -0.3 is 9.47 Å². The third-order valence-electron chi connectivity index (χ3n) is 4.65. The summed E-state index contributed by atoms with van der Waals surface area (Å²) in [6, 6.07) is 8.85. The summed E-state index contributed by atoms with van der Waals surface area (Å²) in [6.45, 7) is 10.6. The van der Waals surface area contributed by atoms with Crippen LogP contribution in [0.2, 0.25) is 0 Å². The Balaban J connectivity index is 1.70. The number of hydrogen-bond donors (Lipinski definition) is 0. The van der Waals surface area contributed by atoms with Crippen LogP contribution in [-0.4, -0.2) is 32.6 Å². The molecule has 0 bridgehead atoms. The Morgan fingerprint density at radius 2 is 1.75 bits per heavy atom. The second-order valence-electron chi connectivity index (χ2n) is 7.57. The van der Waals surface area contributed by atoms with Gasteiger partial charge in [-0.15, -0.1) is 0 Å². The number of imidazole rings is 1. The molecule has 1 aliphatic rings. The van der Waals surface area contributed by atoms with Crippen molar-refractivity contribution in [1.82, 2.24) is 19.5 Å². The molecule has 3 aromatic rings. The van der Waals surface area contributed by atoms with E-state index in [2.05, 4.69) is 64.5 Å². The standard InChI is InChI=1S/C19H23N5/c1-13-17(21-10-9-20-13)23-11-14(12-23)24-16-8-6-5-7-15(16)22-18(24)19(2,3)4/h5-10,14H,11-12H2,1-4H3. The van der Waals surface area contributed by atoms with Crippen LogP contribution in [0.15, 0.2) is 36.7 Å². The van der Waals surface area contributed by atoms with Crippen molar-refractivity contribution in [3.05, 3.63) is 48.2 Å². The third-order valence-corrected chi connectivity index (χ3v) is 4.65. The molecule has 0 radical (unpaired) electrons. The highest BCUT2D eigenvalue weighted by atomic mass is 15.3. The number of fused-ring (bicyclic) bond motifs is 1. The summed E-state index contributed by atoms with van der Waals surface area (Å²) in [7, 11) is 0. The van der Waals surface area contributed by atoms with E-state index in [1.165, 1.54) is 5.52 Å². The number of rotatable bonds is 2. The number of para-hydroxylation sites is 2. The molecular formula is C19H23N5. The summed E-state index contributed by atoms with van der Waals surface area (Å²) in [6.07, 6.45) is 3.51. The van der Waals surface area contributed by atoms with Crippen molar-refractivity contribution >= 4 is 16.9 Å². The minimum atomic E-state index is 0.0158. The molecule has 0 amide bonds. The zero-order chi connectivity index (χ0) is 16.9. The van der Waals surface area contributed by atoms with Crippen molar-refractivity contribution in [2.75, 3.05) is 18.0 Å². The van der Waals surface area contributed by atoms with E-state index >= 15 is 0 Å². The summed E-state index contributed by atoms with van der Waals surface area (Å²) < 4.78 is 2.43. The summed E-state index contributed by atoms with van der Waals surface area (Å²) in [5.74, 6) is 2.15.